The predicted molar refractivity (Wildman–Crippen MR) is 133 cm³/mol. The molecule has 1 fully saturated rings. The Morgan fingerprint density at radius 2 is 1.45 bits per heavy atom. The van der Waals surface area contributed by atoms with Gasteiger partial charge in [0, 0.05) is 18.9 Å². The Balaban J connectivity index is 0.000000702. The van der Waals surface area contributed by atoms with Crippen LogP contribution in [0.2, 0.25) is 0 Å². The van der Waals surface area contributed by atoms with Crippen LogP contribution in [-0.4, -0.2) is 96.9 Å². The van der Waals surface area contributed by atoms with Crippen LogP contribution in [0.3, 0.4) is 0 Å². The summed E-state index contributed by atoms with van der Waals surface area (Å²) in [5.74, 6) is -4.71. The van der Waals surface area contributed by atoms with Crippen LogP contribution in [0.25, 0.3) is 0 Å². The van der Waals surface area contributed by atoms with Crippen molar-refractivity contribution in [2.75, 3.05) is 6.61 Å². The number of aromatic nitrogens is 1. The van der Waals surface area contributed by atoms with E-state index in [0.717, 1.165) is 6.20 Å². The van der Waals surface area contributed by atoms with Gasteiger partial charge in [0.15, 0.2) is 18.5 Å². The van der Waals surface area contributed by atoms with Crippen molar-refractivity contribution in [3.8, 4) is 0 Å². The highest BCUT2D eigenvalue weighted by Crippen LogP contribution is 2.37. The van der Waals surface area contributed by atoms with Crippen LogP contribution < -0.4 is 32.6 Å². The zero-order valence-electron chi connectivity index (χ0n) is 21.9. The van der Waals surface area contributed by atoms with Crippen molar-refractivity contribution >= 4 is 37.5 Å². The lowest BCUT2D eigenvalue weighted by molar-refractivity contribution is -0.765. The Morgan fingerprint density at radius 1 is 0.976 bits per heavy atom. The molecule has 0 aliphatic carbocycles. The van der Waals surface area contributed by atoms with Crippen LogP contribution in [-0.2, 0) is 33.0 Å². The number of nitrogens with two attached hydrogens (primary N) is 4. The van der Waals surface area contributed by atoms with Gasteiger partial charge in [0.25, 0.3) is 6.23 Å². The van der Waals surface area contributed by atoms with Gasteiger partial charge < -0.3 is 67.8 Å². The van der Waals surface area contributed by atoms with Crippen LogP contribution in [0.15, 0.2) is 24.5 Å². The number of aromatic carboxylic acids is 1. The smallest absolute Gasteiger partial charge is 0.469 e. The van der Waals surface area contributed by atoms with Gasteiger partial charge in [-0.05, 0) is 18.9 Å². The van der Waals surface area contributed by atoms with Crippen molar-refractivity contribution in [2.24, 2.45) is 22.9 Å². The van der Waals surface area contributed by atoms with Gasteiger partial charge >= 0.3 is 19.8 Å². The third kappa shape index (κ3) is 15.4. The van der Waals surface area contributed by atoms with Crippen molar-refractivity contribution in [1.29, 1.82) is 0 Å². The molecule has 0 aromatic carbocycles. The third-order valence-electron chi connectivity index (χ3n) is 5.13. The van der Waals surface area contributed by atoms with Crippen molar-refractivity contribution in [1.82, 2.24) is 0 Å². The van der Waals surface area contributed by atoms with E-state index in [1.807, 2.05) is 0 Å². The number of carbonyl (C=O) groups is 5. The lowest BCUT2D eigenvalue weighted by Gasteiger charge is -2.13. The molecule has 14 N–H and O–H groups in total. The highest BCUT2D eigenvalue weighted by Gasteiger charge is 2.48. The van der Waals surface area contributed by atoms with Gasteiger partial charge in [-0.3, -0.25) is 23.7 Å². The summed E-state index contributed by atoms with van der Waals surface area (Å²) in [7, 11) is -4.74. The molecule has 238 valence electrons. The molecule has 1 saturated heterocycles. The normalized spacial score (nSPS) is 21.0. The van der Waals surface area contributed by atoms with Crippen LogP contribution in [0.4, 0.5) is 0 Å². The zero-order chi connectivity index (χ0) is 32.8. The maximum Gasteiger partial charge on any atom is 0.469 e. The first-order valence-electron chi connectivity index (χ1n) is 11.7. The average molecular weight is 627 g/mol. The number of amides is 2. The zero-order valence-corrected chi connectivity index (χ0v) is 22.8. The predicted octanol–water partition coefficient (Wildman–Crippen LogP) is -5.61. The Bertz CT molecular complexity index is 1100. The topological polar surface area (TPSA) is 373 Å². The van der Waals surface area contributed by atoms with E-state index in [-0.39, 0.29) is 31.2 Å². The van der Waals surface area contributed by atoms with Gasteiger partial charge in [0.2, 0.25) is 11.8 Å². The number of phosphoric acid groups is 1. The molecule has 0 radical (unpaired) electrons. The second kappa shape index (κ2) is 18.1. The van der Waals surface area contributed by atoms with E-state index < -0.39 is 80.8 Å². The summed E-state index contributed by atoms with van der Waals surface area (Å²) < 4.78 is 21.4. The first kappa shape index (κ1) is 38.4. The highest BCUT2D eigenvalue weighted by atomic mass is 31.2. The van der Waals surface area contributed by atoms with E-state index in [9.17, 15) is 43.9 Å². The standard InChI is InChI=1S/C11H14NO9P.2C5H10N2O3/c13-8-7(5-20-22(17,18)19)21-10(9(8)14)12-3-1-2-6(4-12)11(15)16;2*6-3(5(9)10)1-2-4(7)8/h1-4,7-10,13-14H,5H2,(H2-,15,16,17,18,19);2*3H,1-2,6H2,(H2,7,8)(H,9,10)/t7-,8-,9-,10-;;/m1../s1. The number of carbonyl (C=O) groups excluding carboxylic acids is 3. The molecule has 2 rings (SSSR count). The molecule has 1 aromatic heterocycles. The summed E-state index contributed by atoms with van der Waals surface area (Å²) in [4.78, 5) is 68.3. The number of hydrogen-bond acceptors (Lipinski definition) is 13. The van der Waals surface area contributed by atoms with Gasteiger partial charge in [0.05, 0.1) is 18.1 Å². The van der Waals surface area contributed by atoms with Crippen LogP contribution in [0.5, 0.6) is 0 Å². The molecule has 0 bridgehead atoms. The maximum absolute atomic E-state index is 10.8. The first-order chi connectivity index (χ1) is 19.3. The Morgan fingerprint density at radius 3 is 1.83 bits per heavy atom. The van der Waals surface area contributed by atoms with E-state index in [1.165, 1.54) is 22.9 Å². The Labute approximate surface area is 237 Å². The van der Waals surface area contributed by atoms with E-state index in [2.05, 4.69) is 4.52 Å². The molecule has 6 atom stereocenters. The fourth-order valence-electron chi connectivity index (χ4n) is 2.90. The molecule has 0 saturated carbocycles. The number of phosphoric ester groups is 1. The summed E-state index contributed by atoms with van der Waals surface area (Å²) >= 11 is 0. The SMILES string of the molecule is NC(=O)CCC(N)C(=O)O.NC(=O)CCC(N)C(=O)O.O=C([O-])c1ccc[n+]([C@@H]2O[C@H](COP(=O)(O)O)[C@@H](O)[C@H]2O)c1. The van der Waals surface area contributed by atoms with Crippen LogP contribution >= 0.6 is 7.82 Å². The molecule has 42 heavy (non-hydrogen) atoms. The quantitative estimate of drug-likeness (QED) is 0.0719. The number of nitrogens with zero attached hydrogens (tertiary/aromatic N) is 1. The summed E-state index contributed by atoms with van der Waals surface area (Å²) in [6.45, 7) is -0.639. The molecular weight excluding hydrogens is 593 g/mol. The molecule has 2 unspecified atom stereocenters. The number of carboxylic acid groups (broad SMARTS) is 3. The molecule has 0 spiro atoms. The average Bonchev–Trinajstić information content (AvgIpc) is 3.18. The monoisotopic (exact) mass is 627 g/mol. The summed E-state index contributed by atoms with van der Waals surface area (Å²) in [5, 5.41) is 47.0. The van der Waals surface area contributed by atoms with E-state index >= 15 is 0 Å². The minimum Gasteiger partial charge on any atom is -0.545 e. The third-order valence-corrected chi connectivity index (χ3v) is 5.62. The van der Waals surface area contributed by atoms with Crippen molar-refractivity contribution in [2.45, 2.75) is 62.3 Å². The van der Waals surface area contributed by atoms with Crippen molar-refractivity contribution in [3.05, 3.63) is 30.1 Å². The number of aliphatic carboxylic acids is 2. The summed E-state index contributed by atoms with van der Waals surface area (Å²) in [6, 6.07) is 0.699. The number of rotatable bonds is 13. The largest absolute Gasteiger partial charge is 0.545 e. The summed E-state index contributed by atoms with van der Waals surface area (Å²) in [6.07, 6.45) is -2.44. The number of primary amides is 2. The summed E-state index contributed by atoms with van der Waals surface area (Å²) in [5.41, 5.74) is 19.5. The molecule has 1 aromatic rings. The molecule has 2 heterocycles. The molecule has 21 heteroatoms. The number of hydrogen-bond donors (Lipinski definition) is 10. The van der Waals surface area contributed by atoms with Gasteiger partial charge in [-0.25, -0.2) is 4.57 Å². The number of ether oxygens (including phenoxy) is 1. The Hall–Kier alpha value is -3.59. The molecule has 20 nitrogen and oxygen atoms in total. The number of carboxylic acids is 3. The van der Waals surface area contributed by atoms with Crippen molar-refractivity contribution in [3.63, 3.8) is 0 Å². The van der Waals surface area contributed by atoms with Gasteiger partial charge in [0.1, 0.15) is 24.3 Å². The molecular formula is C21H34N5O15P. The van der Waals surface area contributed by atoms with Gasteiger partial charge in [-0.1, -0.05) is 0 Å². The minimum absolute atomic E-state index is 0.0213. The van der Waals surface area contributed by atoms with E-state index in [0.29, 0.717) is 0 Å². The lowest BCUT2D eigenvalue weighted by atomic mass is 10.1. The molecule has 1 aliphatic rings. The fourth-order valence-corrected chi connectivity index (χ4v) is 3.24. The number of pyridine rings is 1. The second-order valence-electron chi connectivity index (χ2n) is 8.56. The fraction of sp³-hybridized carbons (Fsp3) is 0.524. The highest BCUT2D eigenvalue weighted by molar-refractivity contribution is 7.46. The van der Waals surface area contributed by atoms with Gasteiger partial charge in [-0.2, -0.15) is 4.57 Å². The van der Waals surface area contributed by atoms with E-state index in [1.54, 1.807) is 0 Å². The van der Waals surface area contributed by atoms with Crippen molar-refractivity contribution < 1.29 is 77.7 Å². The minimum atomic E-state index is -4.74. The van der Waals surface area contributed by atoms with Crippen LogP contribution in [0.1, 0.15) is 42.3 Å². The molecule has 1 aliphatic heterocycles. The van der Waals surface area contributed by atoms with E-state index in [4.69, 9.17) is 47.7 Å². The lowest BCUT2D eigenvalue weighted by Crippen LogP contribution is -2.46. The number of aliphatic hydroxyl groups is 2. The second-order valence-corrected chi connectivity index (χ2v) is 9.80. The Kier molecular flexibility index (Phi) is 16.5. The van der Waals surface area contributed by atoms with Crippen LogP contribution in [0, 0.1) is 0 Å². The first-order valence-corrected chi connectivity index (χ1v) is 13.3. The molecule has 2 amide bonds. The number of aliphatic hydroxyl groups excluding tert-OH is 2. The maximum atomic E-state index is 10.8. The van der Waals surface area contributed by atoms with Gasteiger partial charge in [-0.15, -0.1) is 0 Å².